The van der Waals surface area contributed by atoms with E-state index < -0.39 is 6.04 Å². The third kappa shape index (κ3) is 4.75. The van der Waals surface area contributed by atoms with Gasteiger partial charge in [-0.1, -0.05) is 54.1 Å². The maximum Gasteiger partial charge on any atom is 0.320 e. The zero-order chi connectivity index (χ0) is 21.8. The van der Waals surface area contributed by atoms with Crippen LogP contribution in [-0.4, -0.2) is 16.2 Å². The Morgan fingerprint density at radius 2 is 1.68 bits per heavy atom. The second kappa shape index (κ2) is 9.02. The van der Waals surface area contributed by atoms with Crippen molar-refractivity contribution in [3.63, 3.8) is 0 Å². The molecule has 4 aromatic rings. The molecule has 1 heterocycles. The number of amides is 2. The summed E-state index contributed by atoms with van der Waals surface area (Å²) in [4.78, 5) is 12.8. The van der Waals surface area contributed by atoms with Gasteiger partial charge < -0.3 is 15.1 Å². The van der Waals surface area contributed by atoms with Crippen molar-refractivity contribution in [2.24, 2.45) is 0 Å². The van der Waals surface area contributed by atoms with Gasteiger partial charge in [-0.05, 0) is 60.9 Å². The Morgan fingerprint density at radius 1 is 0.935 bits per heavy atom. The van der Waals surface area contributed by atoms with Crippen LogP contribution in [0, 0.1) is 13.8 Å². The number of anilines is 1. The molecule has 0 bridgehead atoms. The maximum atomic E-state index is 12.8. The van der Waals surface area contributed by atoms with Crippen molar-refractivity contribution in [1.82, 2.24) is 15.5 Å². The lowest BCUT2D eigenvalue weighted by Crippen LogP contribution is -2.33. The highest BCUT2D eigenvalue weighted by Gasteiger charge is 2.24. The summed E-state index contributed by atoms with van der Waals surface area (Å²) in [5.74, 6) is 0.656. The minimum Gasteiger partial charge on any atom is -0.418 e. The van der Waals surface area contributed by atoms with E-state index in [1.165, 1.54) is 0 Å². The topological polar surface area (TPSA) is 80.0 Å². The SMILES string of the molecule is Cc1cccc(NC(=O)N[C@H](c2ccc(Cl)cc2)c2nnc(-c3ccccc3)o2)c1C. The second-order valence-corrected chi connectivity index (χ2v) is 7.58. The average Bonchev–Trinajstić information content (AvgIpc) is 3.27. The molecule has 2 amide bonds. The summed E-state index contributed by atoms with van der Waals surface area (Å²) in [6, 6.07) is 21.3. The first-order valence-electron chi connectivity index (χ1n) is 9.79. The van der Waals surface area contributed by atoms with Crippen LogP contribution < -0.4 is 10.6 Å². The zero-order valence-corrected chi connectivity index (χ0v) is 17.9. The predicted octanol–water partition coefficient (Wildman–Crippen LogP) is 5.92. The number of halogens is 1. The van der Waals surface area contributed by atoms with Gasteiger partial charge in [-0.2, -0.15) is 0 Å². The van der Waals surface area contributed by atoms with Crippen LogP contribution in [0.15, 0.2) is 77.2 Å². The van der Waals surface area contributed by atoms with Gasteiger partial charge in [0.2, 0.25) is 11.8 Å². The number of hydrogen-bond acceptors (Lipinski definition) is 4. The van der Waals surface area contributed by atoms with Crippen molar-refractivity contribution in [2.75, 3.05) is 5.32 Å². The Balaban J connectivity index is 1.62. The number of urea groups is 1. The molecule has 156 valence electrons. The summed E-state index contributed by atoms with van der Waals surface area (Å²) in [6.45, 7) is 3.96. The summed E-state index contributed by atoms with van der Waals surface area (Å²) in [5, 5.41) is 14.8. The Bertz CT molecular complexity index is 1190. The number of hydrogen-bond donors (Lipinski definition) is 2. The molecule has 6 nitrogen and oxygen atoms in total. The van der Waals surface area contributed by atoms with Crippen molar-refractivity contribution >= 4 is 23.3 Å². The van der Waals surface area contributed by atoms with Gasteiger partial charge >= 0.3 is 6.03 Å². The Kier molecular flexibility index (Phi) is 6.00. The van der Waals surface area contributed by atoms with Crippen molar-refractivity contribution in [3.8, 4) is 11.5 Å². The lowest BCUT2D eigenvalue weighted by Gasteiger charge is -2.17. The number of nitrogens with zero attached hydrogens (tertiary/aromatic N) is 2. The van der Waals surface area contributed by atoms with Crippen molar-refractivity contribution in [2.45, 2.75) is 19.9 Å². The van der Waals surface area contributed by atoms with Gasteiger partial charge in [0.1, 0.15) is 6.04 Å². The van der Waals surface area contributed by atoms with Gasteiger partial charge in [0, 0.05) is 16.3 Å². The second-order valence-electron chi connectivity index (χ2n) is 7.14. The van der Waals surface area contributed by atoms with Crippen LogP contribution in [0.3, 0.4) is 0 Å². The van der Waals surface area contributed by atoms with Crippen molar-refractivity contribution in [1.29, 1.82) is 0 Å². The van der Waals surface area contributed by atoms with E-state index in [1.807, 2.05) is 74.5 Å². The van der Waals surface area contributed by atoms with E-state index in [-0.39, 0.29) is 11.9 Å². The van der Waals surface area contributed by atoms with Crippen LogP contribution in [0.1, 0.15) is 28.6 Å². The highest BCUT2D eigenvalue weighted by molar-refractivity contribution is 6.30. The minimum atomic E-state index is -0.646. The van der Waals surface area contributed by atoms with E-state index in [4.69, 9.17) is 16.0 Å². The molecular formula is C24H21ClN4O2. The van der Waals surface area contributed by atoms with Crippen molar-refractivity contribution in [3.05, 3.63) is 100 Å². The predicted molar refractivity (Wildman–Crippen MR) is 121 cm³/mol. The van der Waals surface area contributed by atoms with E-state index in [9.17, 15) is 4.79 Å². The van der Waals surface area contributed by atoms with E-state index >= 15 is 0 Å². The fourth-order valence-corrected chi connectivity index (χ4v) is 3.29. The first kappa shape index (κ1) is 20.6. The number of rotatable bonds is 5. The van der Waals surface area contributed by atoms with Gasteiger partial charge in [-0.3, -0.25) is 0 Å². The van der Waals surface area contributed by atoms with Crippen molar-refractivity contribution < 1.29 is 9.21 Å². The quantitative estimate of drug-likeness (QED) is 0.410. The molecule has 0 saturated heterocycles. The molecule has 4 rings (SSSR count). The van der Waals surface area contributed by atoms with Gasteiger partial charge in [0.25, 0.3) is 0 Å². The van der Waals surface area contributed by atoms with Crippen LogP contribution in [0.25, 0.3) is 11.5 Å². The molecule has 2 N–H and O–H groups in total. The van der Waals surface area contributed by atoms with Gasteiger partial charge in [0.05, 0.1) is 0 Å². The highest BCUT2D eigenvalue weighted by atomic mass is 35.5. The summed E-state index contributed by atoms with van der Waals surface area (Å²) in [5.41, 5.74) is 4.41. The Hall–Kier alpha value is -3.64. The first-order chi connectivity index (χ1) is 15.0. The summed E-state index contributed by atoms with van der Waals surface area (Å²) in [6.07, 6.45) is 0. The summed E-state index contributed by atoms with van der Waals surface area (Å²) < 4.78 is 5.91. The average molecular weight is 433 g/mol. The van der Waals surface area contributed by atoms with Crippen LogP contribution >= 0.6 is 11.6 Å². The Labute approximate surface area is 185 Å². The molecule has 0 radical (unpaired) electrons. The molecule has 0 fully saturated rings. The maximum absolute atomic E-state index is 12.8. The van der Waals surface area contributed by atoms with E-state index in [0.717, 1.165) is 27.9 Å². The molecule has 31 heavy (non-hydrogen) atoms. The lowest BCUT2D eigenvalue weighted by atomic mass is 10.1. The fourth-order valence-electron chi connectivity index (χ4n) is 3.17. The molecule has 7 heteroatoms. The lowest BCUT2D eigenvalue weighted by molar-refractivity contribution is 0.248. The largest absolute Gasteiger partial charge is 0.418 e. The standard InChI is InChI=1S/C24H21ClN4O2/c1-15-7-6-10-20(16(15)2)26-24(30)27-21(17-11-13-19(25)14-12-17)23-29-28-22(31-23)18-8-4-3-5-9-18/h3-14,21H,1-2H3,(H2,26,27,30)/t21-/m1/s1. The summed E-state index contributed by atoms with van der Waals surface area (Å²) in [7, 11) is 0. The molecule has 1 aromatic heterocycles. The molecule has 0 saturated carbocycles. The van der Waals surface area contributed by atoms with Crippen LogP contribution in [0.5, 0.6) is 0 Å². The third-order valence-electron chi connectivity index (χ3n) is 5.04. The molecule has 1 atom stereocenters. The number of carbonyl (C=O) groups excluding carboxylic acids is 1. The minimum absolute atomic E-state index is 0.275. The van der Waals surface area contributed by atoms with Crippen LogP contribution in [-0.2, 0) is 0 Å². The van der Waals surface area contributed by atoms with Crippen LogP contribution in [0.4, 0.5) is 10.5 Å². The number of nitrogens with one attached hydrogen (secondary N) is 2. The smallest absolute Gasteiger partial charge is 0.320 e. The molecule has 0 unspecified atom stereocenters. The number of carbonyl (C=O) groups is 1. The van der Waals surface area contributed by atoms with Gasteiger partial charge in [-0.15, -0.1) is 10.2 Å². The highest BCUT2D eigenvalue weighted by Crippen LogP contribution is 2.26. The monoisotopic (exact) mass is 432 g/mol. The number of aryl methyl sites for hydroxylation is 1. The summed E-state index contributed by atoms with van der Waals surface area (Å²) >= 11 is 6.04. The van der Waals surface area contributed by atoms with Gasteiger partial charge in [-0.25, -0.2) is 4.79 Å². The van der Waals surface area contributed by atoms with Gasteiger partial charge in [0.15, 0.2) is 0 Å². The van der Waals surface area contributed by atoms with E-state index in [2.05, 4.69) is 20.8 Å². The zero-order valence-electron chi connectivity index (χ0n) is 17.1. The molecule has 0 aliphatic carbocycles. The molecular weight excluding hydrogens is 412 g/mol. The molecule has 0 spiro atoms. The number of aromatic nitrogens is 2. The van der Waals surface area contributed by atoms with Crippen LogP contribution in [0.2, 0.25) is 5.02 Å². The molecule has 0 aliphatic rings. The first-order valence-corrected chi connectivity index (χ1v) is 10.2. The third-order valence-corrected chi connectivity index (χ3v) is 5.29. The fraction of sp³-hybridized carbons (Fsp3) is 0.125. The Morgan fingerprint density at radius 3 is 2.42 bits per heavy atom. The number of benzene rings is 3. The molecule has 0 aliphatic heterocycles. The normalized spacial score (nSPS) is 11.7. The molecule has 3 aromatic carbocycles. The van der Waals surface area contributed by atoms with E-state index in [1.54, 1.807) is 12.1 Å². The van der Waals surface area contributed by atoms with E-state index in [0.29, 0.717) is 10.9 Å².